The van der Waals surface area contributed by atoms with Gasteiger partial charge in [-0.25, -0.2) is 0 Å². The van der Waals surface area contributed by atoms with Crippen molar-refractivity contribution in [2.24, 2.45) is 5.92 Å². The molecule has 0 N–H and O–H groups in total. The van der Waals surface area contributed by atoms with Gasteiger partial charge in [-0.15, -0.1) is 23.4 Å². The number of hydrogen-bond donors (Lipinski definition) is 0. The van der Waals surface area contributed by atoms with E-state index in [1.807, 2.05) is 0 Å². The molecule has 0 aliphatic rings. The van der Waals surface area contributed by atoms with E-state index in [0.717, 1.165) is 17.5 Å². The molecule has 0 fully saturated rings. The molecule has 2 aromatic rings. The van der Waals surface area contributed by atoms with Crippen LogP contribution in [0.1, 0.15) is 35.9 Å². The Morgan fingerprint density at radius 2 is 1.40 bits per heavy atom. The van der Waals surface area contributed by atoms with E-state index < -0.39 is 0 Å². The fourth-order valence-electron chi connectivity index (χ4n) is 2.26. The van der Waals surface area contributed by atoms with E-state index in [1.165, 1.54) is 10.5 Å². The summed E-state index contributed by atoms with van der Waals surface area (Å²) < 4.78 is 0. The quantitative estimate of drug-likeness (QED) is 0.487. The predicted molar refractivity (Wildman–Crippen MR) is 90.9 cm³/mol. The van der Waals surface area contributed by atoms with Crippen LogP contribution in [0.5, 0.6) is 0 Å². The molecule has 0 saturated heterocycles. The molecule has 2 aromatic carbocycles. The molecule has 0 amide bonds. The molecular formula is C18H21ClS. The summed E-state index contributed by atoms with van der Waals surface area (Å²) in [6.45, 7) is 4.48. The Balaban J connectivity index is 2.13. The van der Waals surface area contributed by atoms with Crippen molar-refractivity contribution in [3.8, 4) is 0 Å². The smallest absolute Gasteiger partial charge is 0.0835 e. The summed E-state index contributed by atoms with van der Waals surface area (Å²) in [5, 5.41) is -0.0704. The van der Waals surface area contributed by atoms with Gasteiger partial charge in [0.25, 0.3) is 0 Å². The van der Waals surface area contributed by atoms with Crippen LogP contribution in [0.15, 0.2) is 53.4 Å². The van der Waals surface area contributed by atoms with Gasteiger partial charge in [0.05, 0.1) is 5.38 Å². The Hall–Kier alpha value is -0.920. The molecule has 20 heavy (non-hydrogen) atoms. The van der Waals surface area contributed by atoms with Crippen LogP contribution >= 0.6 is 23.4 Å². The second-order valence-corrected chi connectivity index (χ2v) is 6.79. The Bertz CT molecular complexity index is 528. The summed E-state index contributed by atoms with van der Waals surface area (Å²) in [4.78, 5) is 1.27. The standard InChI is InChI=1S/C18H21ClS/c1-13(2)12-14-4-6-15(7-5-14)18(19)16-8-10-17(20-3)11-9-16/h4-11,13,18H,12H2,1-3H3. The summed E-state index contributed by atoms with van der Waals surface area (Å²) in [7, 11) is 0. The van der Waals surface area contributed by atoms with Crippen LogP contribution in [-0.2, 0) is 6.42 Å². The van der Waals surface area contributed by atoms with Crippen molar-refractivity contribution >= 4 is 23.4 Å². The van der Waals surface area contributed by atoms with E-state index in [4.69, 9.17) is 11.6 Å². The SMILES string of the molecule is CSc1ccc(C(Cl)c2ccc(CC(C)C)cc2)cc1. The lowest BCUT2D eigenvalue weighted by atomic mass is 9.99. The molecule has 0 aromatic heterocycles. The molecule has 0 heterocycles. The molecule has 0 spiro atoms. The van der Waals surface area contributed by atoms with Crippen LogP contribution in [-0.4, -0.2) is 6.26 Å². The highest BCUT2D eigenvalue weighted by molar-refractivity contribution is 7.98. The zero-order chi connectivity index (χ0) is 14.5. The highest BCUT2D eigenvalue weighted by Crippen LogP contribution is 2.30. The number of alkyl halides is 1. The Kier molecular flexibility index (Phi) is 5.56. The van der Waals surface area contributed by atoms with E-state index in [2.05, 4.69) is 68.6 Å². The average Bonchev–Trinajstić information content (AvgIpc) is 2.47. The predicted octanol–water partition coefficient (Wildman–Crippen LogP) is 5.94. The lowest BCUT2D eigenvalue weighted by molar-refractivity contribution is 0.647. The van der Waals surface area contributed by atoms with Crippen LogP contribution in [0.4, 0.5) is 0 Å². The van der Waals surface area contributed by atoms with E-state index in [-0.39, 0.29) is 5.38 Å². The molecule has 0 aliphatic carbocycles. The fraction of sp³-hybridized carbons (Fsp3) is 0.333. The number of halogens is 1. The van der Waals surface area contributed by atoms with Crippen LogP contribution in [0.3, 0.4) is 0 Å². The largest absolute Gasteiger partial charge is 0.130 e. The maximum Gasteiger partial charge on any atom is 0.0835 e. The summed E-state index contributed by atoms with van der Waals surface area (Å²) >= 11 is 8.33. The van der Waals surface area contributed by atoms with E-state index in [0.29, 0.717) is 5.92 Å². The fourth-order valence-corrected chi connectivity index (χ4v) is 2.96. The monoisotopic (exact) mass is 304 g/mol. The summed E-state index contributed by atoms with van der Waals surface area (Å²) in [5.74, 6) is 0.687. The third-order valence-electron chi connectivity index (χ3n) is 3.32. The van der Waals surface area contributed by atoms with Gasteiger partial charge in [-0.3, -0.25) is 0 Å². The number of benzene rings is 2. The van der Waals surface area contributed by atoms with Crippen molar-refractivity contribution in [1.82, 2.24) is 0 Å². The number of hydrogen-bond acceptors (Lipinski definition) is 1. The van der Waals surface area contributed by atoms with Gasteiger partial charge >= 0.3 is 0 Å². The first kappa shape index (κ1) is 15.5. The summed E-state index contributed by atoms with van der Waals surface area (Å²) in [5.41, 5.74) is 3.70. The van der Waals surface area contributed by atoms with Gasteiger partial charge in [0.1, 0.15) is 0 Å². The van der Waals surface area contributed by atoms with Crippen LogP contribution in [0.2, 0.25) is 0 Å². The van der Waals surface area contributed by atoms with Gasteiger partial charge in [-0.2, -0.15) is 0 Å². The second-order valence-electron chi connectivity index (χ2n) is 5.48. The molecule has 0 nitrogen and oxygen atoms in total. The minimum Gasteiger partial charge on any atom is -0.130 e. The van der Waals surface area contributed by atoms with Gasteiger partial charge < -0.3 is 0 Å². The normalized spacial score (nSPS) is 12.7. The molecule has 1 atom stereocenters. The number of thioether (sulfide) groups is 1. The van der Waals surface area contributed by atoms with E-state index in [1.54, 1.807) is 11.8 Å². The van der Waals surface area contributed by atoms with Crippen LogP contribution in [0.25, 0.3) is 0 Å². The van der Waals surface area contributed by atoms with Crippen molar-refractivity contribution in [2.45, 2.75) is 30.5 Å². The van der Waals surface area contributed by atoms with Crippen LogP contribution < -0.4 is 0 Å². The first-order valence-electron chi connectivity index (χ1n) is 6.97. The highest BCUT2D eigenvalue weighted by atomic mass is 35.5. The molecule has 1 unspecified atom stereocenters. The zero-order valence-electron chi connectivity index (χ0n) is 12.3. The van der Waals surface area contributed by atoms with Gasteiger partial charge in [0.15, 0.2) is 0 Å². The third-order valence-corrected chi connectivity index (χ3v) is 4.57. The maximum absolute atomic E-state index is 6.58. The first-order valence-corrected chi connectivity index (χ1v) is 8.63. The van der Waals surface area contributed by atoms with Crippen molar-refractivity contribution in [2.75, 3.05) is 6.26 Å². The second kappa shape index (κ2) is 7.19. The van der Waals surface area contributed by atoms with Crippen molar-refractivity contribution in [3.63, 3.8) is 0 Å². The molecule has 0 bridgehead atoms. The molecule has 2 heteroatoms. The van der Waals surface area contributed by atoms with Gasteiger partial charge in [0, 0.05) is 4.90 Å². The van der Waals surface area contributed by atoms with E-state index in [9.17, 15) is 0 Å². The summed E-state index contributed by atoms with van der Waals surface area (Å²) in [6.07, 6.45) is 3.20. The molecule has 0 aliphatic heterocycles. The van der Waals surface area contributed by atoms with Gasteiger partial charge in [-0.05, 0) is 47.4 Å². The average molecular weight is 305 g/mol. The maximum atomic E-state index is 6.58. The highest BCUT2D eigenvalue weighted by Gasteiger charge is 2.10. The molecule has 0 radical (unpaired) electrons. The van der Waals surface area contributed by atoms with E-state index >= 15 is 0 Å². The zero-order valence-corrected chi connectivity index (χ0v) is 13.8. The molecule has 2 rings (SSSR count). The number of rotatable bonds is 5. The first-order chi connectivity index (χ1) is 9.60. The minimum atomic E-state index is -0.0704. The molecule has 0 saturated carbocycles. The molecular weight excluding hydrogens is 284 g/mol. The minimum absolute atomic E-state index is 0.0704. The summed E-state index contributed by atoms with van der Waals surface area (Å²) in [6, 6.07) is 17.2. The van der Waals surface area contributed by atoms with Crippen LogP contribution in [0, 0.1) is 5.92 Å². The van der Waals surface area contributed by atoms with Crippen molar-refractivity contribution < 1.29 is 0 Å². The van der Waals surface area contributed by atoms with Crippen molar-refractivity contribution in [3.05, 3.63) is 65.2 Å². The lowest BCUT2D eigenvalue weighted by Crippen LogP contribution is -1.96. The Morgan fingerprint density at radius 1 is 0.900 bits per heavy atom. The Labute approximate surface area is 131 Å². The van der Waals surface area contributed by atoms with Crippen molar-refractivity contribution in [1.29, 1.82) is 0 Å². The lowest BCUT2D eigenvalue weighted by Gasteiger charge is -2.12. The third kappa shape index (κ3) is 4.04. The van der Waals surface area contributed by atoms with Gasteiger partial charge in [0.2, 0.25) is 0 Å². The van der Waals surface area contributed by atoms with Gasteiger partial charge in [-0.1, -0.05) is 50.2 Å². The molecule has 106 valence electrons. The topological polar surface area (TPSA) is 0 Å². The Morgan fingerprint density at radius 3 is 1.85 bits per heavy atom.